The number of alkyl halides is 3. The summed E-state index contributed by atoms with van der Waals surface area (Å²) in [6.45, 7) is 2.80. The van der Waals surface area contributed by atoms with Gasteiger partial charge < -0.3 is 15.0 Å². The van der Waals surface area contributed by atoms with Crippen LogP contribution in [0.4, 0.5) is 13.2 Å². The molecule has 0 bridgehead atoms. The van der Waals surface area contributed by atoms with E-state index < -0.39 is 17.6 Å². The van der Waals surface area contributed by atoms with E-state index in [9.17, 15) is 13.2 Å². The van der Waals surface area contributed by atoms with E-state index in [2.05, 4.69) is 20.3 Å². The number of ether oxygens (including phenoxy) is 1. The largest absolute Gasteiger partial charge is 0.475 e. The normalized spacial score (nSPS) is 11.7. The van der Waals surface area contributed by atoms with Gasteiger partial charge in [0.05, 0.1) is 23.8 Å². The SMILES string of the molecule is CN=C(NCCOc1ncccc1C(F)(F)F)N(C)Cc1csc(C)n1.I. The predicted octanol–water partition coefficient (Wildman–Crippen LogP) is 3.57. The molecule has 0 amide bonds. The van der Waals surface area contributed by atoms with Crippen LogP contribution < -0.4 is 10.1 Å². The van der Waals surface area contributed by atoms with E-state index in [0.29, 0.717) is 12.5 Å². The van der Waals surface area contributed by atoms with E-state index in [-0.39, 0.29) is 37.1 Å². The number of pyridine rings is 1. The number of aryl methyl sites for hydroxylation is 1. The summed E-state index contributed by atoms with van der Waals surface area (Å²) in [4.78, 5) is 14.1. The van der Waals surface area contributed by atoms with E-state index in [1.165, 1.54) is 12.3 Å². The molecule has 27 heavy (non-hydrogen) atoms. The van der Waals surface area contributed by atoms with Crippen molar-refractivity contribution in [2.75, 3.05) is 27.2 Å². The number of thiazole rings is 1. The van der Waals surface area contributed by atoms with Gasteiger partial charge in [0, 0.05) is 25.7 Å². The zero-order chi connectivity index (χ0) is 19.2. The topological polar surface area (TPSA) is 62.6 Å². The van der Waals surface area contributed by atoms with Crippen LogP contribution in [0.2, 0.25) is 0 Å². The fourth-order valence-electron chi connectivity index (χ4n) is 2.22. The van der Waals surface area contributed by atoms with Crippen LogP contribution in [0.5, 0.6) is 5.88 Å². The van der Waals surface area contributed by atoms with Gasteiger partial charge >= 0.3 is 6.18 Å². The van der Waals surface area contributed by atoms with Crippen LogP contribution >= 0.6 is 35.3 Å². The third kappa shape index (κ3) is 7.13. The van der Waals surface area contributed by atoms with Crippen LogP contribution in [0.1, 0.15) is 16.3 Å². The second kappa shape index (κ2) is 10.6. The van der Waals surface area contributed by atoms with E-state index in [1.807, 2.05) is 24.3 Å². The van der Waals surface area contributed by atoms with Crippen molar-refractivity contribution in [3.05, 3.63) is 40.0 Å². The van der Waals surface area contributed by atoms with Gasteiger partial charge in [-0.2, -0.15) is 13.2 Å². The standard InChI is InChI=1S/C16H20F3N5OS.HI/c1-11-23-12(10-26-11)9-24(3)15(20-2)22-7-8-25-14-13(16(17,18)19)5-4-6-21-14;/h4-6,10H,7-9H2,1-3H3,(H,20,22);1H. The molecule has 2 aromatic rings. The van der Waals surface area contributed by atoms with Gasteiger partial charge in [-0.05, 0) is 19.1 Å². The molecule has 150 valence electrons. The van der Waals surface area contributed by atoms with Crippen molar-refractivity contribution in [2.45, 2.75) is 19.6 Å². The maximum Gasteiger partial charge on any atom is 0.421 e. The lowest BCUT2D eigenvalue weighted by Gasteiger charge is -2.21. The molecule has 0 saturated carbocycles. The highest BCUT2D eigenvalue weighted by Gasteiger charge is 2.34. The van der Waals surface area contributed by atoms with Crippen LogP contribution in [0.15, 0.2) is 28.7 Å². The molecule has 2 rings (SSSR count). The Morgan fingerprint density at radius 3 is 2.74 bits per heavy atom. The Hall–Kier alpha value is -1.63. The van der Waals surface area contributed by atoms with Gasteiger partial charge in [0.25, 0.3) is 0 Å². The first-order valence-electron chi connectivity index (χ1n) is 7.79. The molecule has 2 heterocycles. The Balaban J connectivity index is 0.00000364. The highest BCUT2D eigenvalue weighted by molar-refractivity contribution is 14.0. The Labute approximate surface area is 176 Å². The summed E-state index contributed by atoms with van der Waals surface area (Å²) >= 11 is 1.57. The number of nitrogens with zero attached hydrogens (tertiary/aromatic N) is 4. The number of aromatic nitrogens is 2. The van der Waals surface area contributed by atoms with E-state index in [4.69, 9.17) is 4.74 Å². The Morgan fingerprint density at radius 2 is 2.15 bits per heavy atom. The zero-order valence-corrected chi connectivity index (χ0v) is 18.2. The van der Waals surface area contributed by atoms with Crippen molar-refractivity contribution in [1.82, 2.24) is 20.2 Å². The minimum atomic E-state index is -4.50. The maximum absolute atomic E-state index is 12.9. The summed E-state index contributed by atoms with van der Waals surface area (Å²) in [6, 6.07) is 2.17. The molecule has 6 nitrogen and oxygen atoms in total. The average molecular weight is 515 g/mol. The summed E-state index contributed by atoms with van der Waals surface area (Å²) in [6.07, 6.45) is -3.24. The minimum Gasteiger partial charge on any atom is -0.475 e. The molecule has 1 N–H and O–H groups in total. The molecule has 0 fully saturated rings. The van der Waals surface area contributed by atoms with Crippen LogP contribution in [0, 0.1) is 6.92 Å². The first-order chi connectivity index (χ1) is 12.3. The van der Waals surface area contributed by atoms with Crippen molar-refractivity contribution < 1.29 is 17.9 Å². The second-order valence-corrected chi connectivity index (χ2v) is 6.45. The fraction of sp³-hybridized carbons (Fsp3) is 0.438. The number of aliphatic imine (C=N–C) groups is 1. The van der Waals surface area contributed by atoms with E-state index in [1.54, 1.807) is 18.4 Å². The number of nitrogens with one attached hydrogen (secondary N) is 1. The minimum absolute atomic E-state index is 0. The van der Waals surface area contributed by atoms with Gasteiger partial charge in [0.15, 0.2) is 5.96 Å². The van der Waals surface area contributed by atoms with Crippen LogP contribution in [0.25, 0.3) is 0 Å². The highest BCUT2D eigenvalue weighted by atomic mass is 127. The van der Waals surface area contributed by atoms with Crippen LogP contribution in [-0.2, 0) is 12.7 Å². The molecule has 11 heteroatoms. The molecule has 0 aliphatic rings. The quantitative estimate of drug-likeness (QED) is 0.276. The number of hydrogen-bond donors (Lipinski definition) is 1. The summed E-state index contributed by atoms with van der Waals surface area (Å²) in [5.41, 5.74) is 0.0397. The number of guanidine groups is 1. The molecule has 0 atom stereocenters. The van der Waals surface area contributed by atoms with Crippen molar-refractivity contribution in [3.8, 4) is 5.88 Å². The van der Waals surface area contributed by atoms with Crippen molar-refractivity contribution in [3.63, 3.8) is 0 Å². The predicted molar refractivity (Wildman–Crippen MR) is 110 cm³/mol. The molecule has 0 spiro atoms. The molecule has 0 aliphatic heterocycles. The summed E-state index contributed by atoms with van der Waals surface area (Å²) in [5, 5.41) is 6.00. The molecule has 0 aromatic carbocycles. The zero-order valence-electron chi connectivity index (χ0n) is 15.1. The van der Waals surface area contributed by atoms with Gasteiger partial charge in [-0.1, -0.05) is 0 Å². The Morgan fingerprint density at radius 1 is 1.41 bits per heavy atom. The van der Waals surface area contributed by atoms with Gasteiger partial charge in [-0.3, -0.25) is 4.99 Å². The summed E-state index contributed by atoms with van der Waals surface area (Å²) in [7, 11) is 3.48. The Bertz CT molecular complexity index is 754. The van der Waals surface area contributed by atoms with Gasteiger partial charge in [0.2, 0.25) is 5.88 Å². The van der Waals surface area contributed by atoms with E-state index >= 15 is 0 Å². The van der Waals surface area contributed by atoms with Crippen molar-refractivity contribution in [1.29, 1.82) is 0 Å². The van der Waals surface area contributed by atoms with Crippen molar-refractivity contribution >= 4 is 41.3 Å². The average Bonchev–Trinajstić information content (AvgIpc) is 2.99. The highest BCUT2D eigenvalue weighted by Crippen LogP contribution is 2.34. The lowest BCUT2D eigenvalue weighted by atomic mass is 10.2. The summed E-state index contributed by atoms with van der Waals surface area (Å²) in [5.74, 6) is 0.166. The first kappa shape index (κ1) is 23.4. The number of hydrogen-bond acceptors (Lipinski definition) is 5. The maximum atomic E-state index is 12.9. The second-order valence-electron chi connectivity index (χ2n) is 5.39. The molecular formula is C16H21F3IN5OS. The van der Waals surface area contributed by atoms with Crippen LogP contribution in [0.3, 0.4) is 0 Å². The molecule has 0 radical (unpaired) electrons. The molecule has 2 aromatic heterocycles. The molecule has 0 saturated heterocycles. The first-order valence-corrected chi connectivity index (χ1v) is 8.67. The Kier molecular flexibility index (Phi) is 9.22. The van der Waals surface area contributed by atoms with Gasteiger partial charge in [-0.25, -0.2) is 9.97 Å². The van der Waals surface area contributed by atoms with Gasteiger partial charge in [0.1, 0.15) is 12.2 Å². The third-order valence-corrected chi connectivity index (χ3v) is 4.16. The van der Waals surface area contributed by atoms with Crippen LogP contribution in [-0.4, -0.2) is 48.1 Å². The number of rotatable bonds is 6. The summed E-state index contributed by atoms with van der Waals surface area (Å²) < 4.78 is 43.8. The molecular weight excluding hydrogens is 494 g/mol. The lowest BCUT2D eigenvalue weighted by Crippen LogP contribution is -2.40. The molecule has 0 unspecified atom stereocenters. The number of halogens is 4. The third-order valence-electron chi connectivity index (χ3n) is 3.34. The lowest BCUT2D eigenvalue weighted by molar-refractivity contribution is -0.139. The fourth-order valence-corrected chi connectivity index (χ4v) is 2.82. The smallest absolute Gasteiger partial charge is 0.421 e. The monoisotopic (exact) mass is 515 g/mol. The molecule has 0 aliphatic carbocycles. The van der Waals surface area contributed by atoms with Gasteiger partial charge in [-0.15, -0.1) is 35.3 Å². The van der Waals surface area contributed by atoms with Crippen molar-refractivity contribution in [2.24, 2.45) is 4.99 Å². The van der Waals surface area contributed by atoms with E-state index in [0.717, 1.165) is 16.8 Å².